The third-order valence-corrected chi connectivity index (χ3v) is 11.1. The van der Waals surface area contributed by atoms with Crippen LogP contribution in [-0.2, 0) is 0 Å². The topological polar surface area (TPSA) is 42.9 Å². The molecule has 0 N–H and O–H groups in total. The van der Waals surface area contributed by atoms with Crippen LogP contribution >= 0.6 is 0 Å². The molecule has 0 saturated heterocycles. The standard InChI is InChI=1S/C50H29N5/c1-52-34-22-26-49-43(29-34)40-16-5-9-20-47(40)55(49)44-17-6-2-13-37(44)33-11-10-12-35(28-33)54-45-18-7-3-14-38(45)41-24-23-36(30-50(41)54)53-46-19-8-4-15-39(46)42-27-32(31-51)21-25-48(42)53/h2-30H. The number of nitriles is 1. The van der Waals surface area contributed by atoms with E-state index in [1.54, 1.807) is 0 Å². The zero-order chi connectivity index (χ0) is 36.6. The Labute approximate surface area is 316 Å². The second kappa shape index (κ2) is 11.8. The highest BCUT2D eigenvalue weighted by Crippen LogP contribution is 2.40. The van der Waals surface area contributed by atoms with Crippen LogP contribution in [-0.4, -0.2) is 13.7 Å². The van der Waals surface area contributed by atoms with Crippen molar-refractivity contribution in [3.8, 4) is 34.3 Å². The predicted octanol–water partition coefficient (Wildman–Crippen LogP) is 13.1. The van der Waals surface area contributed by atoms with Crippen LogP contribution in [0.5, 0.6) is 0 Å². The Morgan fingerprint density at radius 1 is 0.418 bits per heavy atom. The molecule has 55 heavy (non-hydrogen) atoms. The molecule has 0 aliphatic rings. The quantitative estimate of drug-likeness (QED) is 0.169. The van der Waals surface area contributed by atoms with Crippen molar-refractivity contribution < 1.29 is 0 Å². The van der Waals surface area contributed by atoms with Crippen molar-refractivity contribution in [3.05, 3.63) is 193 Å². The lowest BCUT2D eigenvalue weighted by Crippen LogP contribution is -1.99. The van der Waals surface area contributed by atoms with Crippen LogP contribution < -0.4 is 0 Å². The highest BCUT2D eigenvalue weighted by molar-refractivity contribution is 6.13. The minimum atomic E-state index is 0.636. The average Bonchev–Trinajstić information content (AvgIpc) is 3.88. The zero-order valence-electron chi connectivity index (χ0n) is 29.5. The van der Waals surface area contributed by atoms with Gasteiger partial charge in [-0.25, -0.2) is 4.85 Å². The van der Waals surface area contributed by atoms with Crippen molar-refractivity contribution in [1.29, 1.82) is 5.26 Å². The molecule has 254 valence electrons. The fraction of sp³-hybridized carbons (Fsp3) is 0. The molecule has 0 spiro atoms. The molecule has 0 aliphatic carbocycles. The SMILES string of the molecule is [C-]#[N+]c1ccc2c(c1)c1ccccc1n2-c1ccccc1-c1cccc(-n2c3ccccc3c3ccc(-n4c5ccccc5c5cc(C#N)ccc54)cc32)c1. The molecule has 5 nitrogen and oxygen atoms in total. The van der Waals surface area contributed by atoms with Gasteiger partial charge in [0.15, 0.2) is 5.69 Å². The maximum absolute atomic E-state index is 9.71. The summed E-state index contributed by atoms with van der Waals surface area (Å²) in [5, 5.41) is 16.5. The van der Waals surface area contributed by atoms with Gasteiger partial charge in [0, 0.05) is 43.9 Å². The summed E-state index contributed by atoms with van der Waals surface area (Å²) >= 11 is 0. The summed E-state index contributed by atoms with van der Waals surface area (Å²) in [5.74, 6) is 0. The molecule has 3 aromatic heterocycles. The van der Waals surface area contributed by atoms with Crippen molar-refractivity contribution in [2.24, 2.45) is 0 Å². The van der Waals surface area contributed by atoms with Gasteiger partial charge in [-0.1, -0.05) is 97.1 Å². The second-order valence-electron chi connectivity index (χ2n) is 14.0. The molecular weight excluding hydrogens is 671 g/mol. The molecule has 0 fully saturated rings. The summed E-state index contributed by atoms with van der Waals surface area (Å²) in [6, 6.07) is 64.0. The highest BCUT2D eigenvalue weighted by Gasteiger charge is 2.19. The maximum atomic E-state index is 9.71. The number of hydrogen-bond donors (Lipinski definition) is 0. The minimum absolute atomic E-state index is 0.636. The lowest BCUT2D eigenvalue weighted by atomic mass is 10.0. The number of benzene rings is 8. The lowest BCUT2D eigenvalue weighted by molar-refractivity contribution is 1.15. The normalized spacial score (nSPS) is 11.6. The van der Waals surface area contributed by atoms with E-state index in [1.807, 2.05) is 24.3 Å². The molecule has 8 aromatic carbocycles. The van der Waals surface area contributed by atoms with Crippen molar-refractivity contribution in [2.45, 2.75) is 0 Å². The Morgan fingerprint density at radius 3 is 1.73 bits per heavy atom. The molecule has 0 amide bonds. The predicted molar refractivity (Wildman–Crippen MR) is 226 cm³/mol. The van der Waals surface area contributed by atoms with Gasteiger partial charge in [0.25, 0.3) is 0 Å². The van der Waals surface area contributed by atoms with Gasteiger partial charge in [0.1, 0.15) is 0 Å². The van der Waals surface area contributed by atoms with Gasteiger partial charge in [-0.05, 0) is 89.8 Å². The molecule has 0 radical (unpaired) electrons. The first kappa shape index (κ1) is 30.7. The Hall–Kier alpha value is -7.86. The average molecular weight is 700 g/mol. The molecule has 0 saturated carbocycles. The van der Waals surface area contributed by atoms with Gasteiger partial charge in [-0.3, -0.25) is 0 Å². The van der Waals surface area contributed by atoms with E-state index in [4.69, 9.17) is 6.57 Å². The number of nitrogens with zero attached hydrogens (tertiary/aromatic N) is 5. The third-order valence-electron chi connectivity index (χ3n) is 11.1. The zero-order valence-corrected chi connectivity index (χ0v) is 29.5. The molecule has 5 heteroatoms. The van der Waals surface area contributed by atoms with Crippen molar-refractivity contribution in [2.75, 3.05) is 0 Å². The van der Waals surface area contributed by atoms with Gasteiger partial charge >= 0.3 is 0 Å². The molecule has 0 bridgehead atoms. The van der Waals surface area contributed by atoms with E-state index in [0.29, 0.717) is 11.3 Å². The molecule has 0 atom stereocenters. The summed E-state index contributed by atoms with van der Waals surface area (Å²) in [7, 11) is 0. The van der Waals surface area contributed by atoms with E-state index in [1.165, 1.54) is 10.8 Å². The summed E-state index contributed by atoms with van der Waals surface area (Å²) in [6.45, 7) is 7.66. The van der Waals surface area contributed by atoms with Crippen LogP contribution in [0, 0.1) is 17.9 Å². The van der Waals surface area contributed by atoms with Crippen LogP contribution in [0.4, 0.5) is 5.69 Å². The number of para-hydroxylation sites is 4. The smallest absolute Gasteiger partial charge is 0.188 e. The first-order valence-corrected chi connectivity index (χ1v) is 18.3. The van der Waals surface area contributed by atoms with E-state index in [-0.39, 0.29) is 0 Å². The summed E-state index contributed by atoms with van der Waals surface area (Å²) in [6.07, 6.45) is 0. The molecule has 0 aliphatic heterocycles. The molecular formula is C50H29N5. The van der Waals surface area contributed by atoms with Gasteiger partial charge in [-0.15, -0.1) is 0 Å². The number of hydrogen-bond acceptors (Lipinski definition) is 1. The van der Waals surface area contributed by atoms with E-state index in [2.05, 4.69) is 176 Å². The molecule has 11 rings (SSSR count). The van der Waals surface area contributed by atoms with E-state index < -0.39 is 0 Å². The first-order chi connectivity index (χ1) is 27.2. The molecule has 0 unspecified atom stereocenters. The monoisotopic (exact) mass is 699 g/mol. The van der Waals surface area contributed by atoms with Gasteiger partial charge in [-0.2, -0.15) is 5.26 Å². The van der Waals surface area contributed by atoms with E-state index >= 15 is 0 Å². The summed E-state index contributed by atoms with van der Waals surface area (Å²) in [4.78, 5) is 3.73. The van der Waals surface area contributed by atoms with Crippen LogP contribution in [0.25, 0.3) is 98.5 Å². The Kier molecular flexibility index (Phi) is 6.61. The van der Waals surface area contributed by atoms with Crippen LogP contribution in [0.1, 0.15) is 5.56 Å². The number of fused-ring (bicyclic) bond motifs is 9. The largest absolute Gasteiger partial charge is 0.309 e. The summed E-state index contributed by atoms with van der Waals surface area (Å²) in [5.41, 5.74) is 13.3. The van der Waals surface area contributed by atoms with Crippen LogP contribution in [0.3, 0.4) is 0 Å². The molecule has 3 heterocycles. The Bertz CT molecular complexity index is 3470. The van der Waals surface area contributed by atoms with Crippen LogP contribution in [0.15, 0.2) is 176 Å². The van der Waals surface area contributed by atoms with Crippen LogP contribution in [0.2, 0.25) is 0 Å². The van der Waals surface area contributed by atoms with Gasteiger partial charge in [0.05, 0.1) is 57.0 Å². The molecule has 11 aromatic rings. The fourth-order valence-electron chi connectivity index (χ4n) is 8.71. The maximum Gasteiger partial charge on any atom is 0.188 e. The first-order valence-electron chi connectivity index (χ1n) is 18.3. The Morgan fingerprint density at radius 2 is 0.982 bits per heavy atom. The number of rotatable bonds is 4. The second-order valence-corrected chi connectivity index (χ2v) is 14.0. The minimum Gasteiger partial charge on any atom is -0.309 e. The fourth-order valence-corrected chi connectivity index (χ4v) is 8.71. The lowest BCUT2D eigenvalue weighted by Gasteiger charge is -2.16. The van der Waals surface area contributed by atoms with Crippen molar-refractivity contribution in [1.82, 2.24) is 13.7 Å². The van der Waals surface area contributed by atoms with E-state index in [9.17, 15) is 5.26 Å². The highest BCUT2D eigenvalue weighted by atomic mass is 15.0. The third kappa shape index (κ3) is 4.51. The summed E-state index contributed by atoms with van der Waals surface area (Å²) < 4.78 is 7.03. The van der Waals surface area contributed by atoms with E-state index in [0.717, 1.165) is 82.8 Å². The van der Waals surface area contributed by atoms with Gasteiger partial charge < -0.3 is 13.7 Å². The van der Waals surface area contributed by atoms with Gasteiger partial charge in [0.2, 0.25) is 0 Å². The van der Waals surface area contributed by atoms with Crippen molar-refractivity contribution >= 4 is 71.1 Å². The van der Waals surface area contributed by atoms with Crippen molar-refractivity contribution in [3.63, 3.8) is 0 Å². The Balaban J connectivity index is 1.13. The number of aromatic nitrogens is 3.